The summed E-state index contributed by atoms with van der Waals surface area (Å²) in [5, 5.41) is 3.04. The van der Waals surface area contributed by atoms with Gasteiger partial charge in [-0.05, 0) is 32.0 Å². The molecule has 0 spiro atoms. The topological polar surface area (TPSA) is 29.1 Å². The van der Waals surface area contributed by atoms with Crippen molar-refractivity contribution in [2.45, 2.75) is 25.7 Å². The van der Waals surface area contributed by atoms with Crippen molar-refractivity contribution in [2.24, 2.45) is 0 Å². The fraction of sp³-hybridized carbons (Fsp3) is 0.462. The molecular weight excluding hydrogens is 186 g/mol. The second kappa shape index (κ2) is 7.18. The molecule has 1 aromatic rings. The van der Waals surface area contributed by atoms with E-state index in [1.54, 1.807) is 0 Å². The van der Waals surface area contributed by atoms with Gasteiger partial charge >= 0.3 is 0 Å². The molecule has 0 unspecified atom stereocenters. The maximum Gasteiger partial charge on any atom is 0.133 e. The molecule has 1 N–H and O–H groups in total. The molecule has 82 valence electrons. The molecule has 0 aliphatic rings. The lowest BCUT2D eigenvalue weighted by molar-refractivity contribution is -0.119. The molecule has 1 rings (SSSR count). The van der Waals surface area contributed by atoms with Crippen LogP contribution in [0.4, 0.5) is 0 Å². The number of hydrogen-bond donors (Lipinski definition) is 1. The number of Topliss-reactive ketones (excluding diaryl/α,β-unsaturated/α-hetero) is 1. The first kappa shape index (κ1) is 11.9. The first-order valence-corrected chi connectivity index (χ1v) is 5.53. The summed E-state index contributed by atoms with van der Waals surface area (Å²) in [7, 11) is 1.91. The minimum atomic E-state index is 0.370. The van der Waals surface area contributed by atoms with E-state index >= 15 is 0 Å². The van der Waals surface area contributed by atoms with E-state index in [0.29, 0.717) is 18.6 Å². The molecule has 0 saturated carbocycles. The Bertz CT molecular complexity index is 282. The van der Waals surface area contributed by atoms with Gasteiger partial charge in [0, 0.05) is 12.8 Å². The van der Waals surface area contributed by atoms with Gasteiger partial charge in [-0.2, -0.15) is 0 Å². The fourth-order valence-corrected chi connectivity index (χ4v) is 1.52. The van der Waals surface area contributed by atoms with Crippen molar-refractivity contribution in [2.75, 3.05) is 13.6 Å². The van der Waals surface area contributed by atoms with E-state index in [-0.39, 0.29) is 0 Å². The number of hydrogen-bond acceptors (Lipinski definition) is 2. The average molecular weight is 205 g/mol. The summed E-state index contributed by atoms with van der Waals surface area (Å²) >= 11 is 0. The van der Waals surface area contributed by atoms with Gasteiger partial charge in [0.25, 0.3) is 0 Å². The zero-order valence-corrected chi connectivity index (χ0v) is 9.33. The summed E-state index contributed by atoms with van der Waals surface area (Å²) in [6.45, 7) is 0.928. The third-order valence-corrected chi connectivity index (χ3v) is 2.42. The largest absolute Gasteiger partial charge is 0.320 e. The highest BCUT2D eigenvalue weighted by molar-refractivity contribution is 5.78. The lowest BCUT2D eigenvalue weighted by Gasteiger charge is -2.01. The van der Waals surface area contributed by atoms with E-state index in [0.717, 1.165) is 19.4 Å². The van der Waals surface area contributed by atoms with Crippen LogP contribution in [0, 0.1) is 0 Å². The molecule has 0 aliphatic heterocycles. The van der Waals surface area contributed by atoms with Crippen molar-refractivity contribution < 1.29 is 4.79 Å². The zero-order valence-electron chi connectivity index (χ0n) is 9.33. The third kappa shape index (κ3) is 5.33. The number of ketones is 1. The van der Waals surface area contributed by atoms with Crippen LogP contribution in [0.2, 0.25) is 0 Å². The van der Waals surface area contributed by atoms with E-state index in [4.69, 9.17) is 0 Å². The van der Waals surface area contributed by atoms with Crippen molar-refractivity contribution in [3.8, 4) is 0 Å². The maximum absolute atomic E-state index is 11.5. The van der Waals surface area contributed by atoms with Crippen LogP contribution in [-0.2, 0) is 11.2 Å². The van der Waals surface area contributed by atoms with E-state index < -0.39 is 0 Å². The minimum absolute atomic E-state index is 0.370. The molecule has 0 amide bonds. The SMILES string of the molecule is CNCCCC(=O)CCc1ccccc1. The summed E-state index contributed by atoms with van der Waals surface area (Å²) in [6.07, 6.45) is 3.20. The fourth-order valence-electron chi connectivity index (χ4n) is 1.52. The summed E-state index contributed by atoms with van der Waals surface area (Å²) in [5.74, 6) is 0.370. The first-order chi connectivity index (χ1) is 7.33. The van der Waals surface area contributed by atoms with Crippen molar-refractivity contribution in [1.29, 1.82) is 0 Å². The Labute approximate surface area is 91.7 Å². The van der Waals surface area contributed by atoms with Crippen LogP contribution in [0.25, 0.3) is 0 Å². The monoisotopic (exact) mass is 205 g/mol. The van der Waals surface area contributed by atoms with Gasteiger partial charge in [0.2, 0.25) is 0 Å². The van der Waals surface area contributed by atoms with Gasteiger partial charge in [0.1, 0.15) is 5.78 Å². The molecule has 0 saturated heterocycles. The third-order valence-electron chi connectivity index (χ3n) is 2.42. The van der Waals surface area contributed by atoms with E-state index in [1.807, 2.05) is 25.2 Å². The molecule has 2 heteroatoms. The van der Waals surface area contributed by atoms with E-state index in [9.17, 15) is 4.79 Å². The highest BCUT2D eigenvalue weighted by Crippen LogP contribution is 2.04. The molecule has 0 aliphatic carbocycles. The average Bonchev–Trinajstić information content (AvgIpc) is 2.28. The van der Waals surface area contributed by atoms with Crippen molar-refractivity contribution in [3.05, 3.63) is 35.9 Å². The number of nitrogens with one attached hydrogen (secondary N) is 1. The van der Waals surface area contributed by atoms with Crippen molar-refractivity contribution in [3.63, 3.8) is 0 Å². The Morgan fingerprint density at radius 2 is 1.93 bits per heavy atom. The summed E-state index contributed by atoms with van der Waals surface area (Å²) in [5.41, 5.74) is 1.25. The van der Waals surface area contributed by atoms with Crippen LogP contribution >= 0.6 is 0 Å². The highest BCUT2D eigenvalue weighted by Gasteiger charge is 2.01. The molecule has 2 nitrogen and oxygen atoms in total. The predicted molar refractivity (Wildman–Crippen MR) is 62.9 cm³/mol. The second-order valence-electron chi connectivity index (χ2n) is 3.73. The van der Waals surface area contributed by atoms with Crippen molar-refractivity contribution >= 4 is 5.78 Å². The first-order valence-electron chi connectivity index (χ1n) is 5.53. The standard InChI is InChI=1S/C13H19NO/c1-14-11-5-8-13(15)10-9-12-6-3-2-4-7-12/h2-4,6-7,14H,5,8-11H2,1H3. The number of benzene rings is 1. The van der Waals surface area contributed by atoms with Gasteiger partial charge < -0.3 is 5.32 Å². The molecule has 0 aromatic heterocycles. The summed E-state index contributed by atoms with van der Waals surface area (Å²) in [6, 6.07) is 10.2. The predicted octanol–water partition coefficient (Wildman–Crippen LogP) is 2.19. The molecule has 0 fully saturated rings. The van der Waals surface area contributed by atoms with Gasteiger partial charge in [0.05, 0.1) is 0 Å². The van der Waals surface area contributed by atoms with Crippen LogP contribution in [0.1, 0.15) is 24.8 Å². The van der Waals surface area contributed by atoms with Crippen LogP contribution < -0.4 is 5.32 Å². The number of aryl methyl sites for hydroxylation is 1. The van der Waals surface area contributed by atoms with Gasteiger partial charge in [-0.1, -0.05) is 30.3 Å². The Kier molecular flexibility index (Phi) is 5.71. The molecule has 0 heterocycles. The smallest absolute Gasteiger partial charge is 0.133 e. The normalized spacial score (nSPS) is 10.2. The Morgan fingerprint density at radius 3 is 2.60 bits per heavy atom. The van der Waals surface area contributed by atoms with Crippen molar-refractivity contribution in [1.82, 2.24) is 5.32 Å². The maximum atomic E-state index is 11.5. The number of rotatable bonds is 7. The Balaban J connectivity index is 2.17. The molecule has 0 atom stereocenters. The second-order valence-corrected chi connectivity index (χ2v) is 3.73. The van der Waals surface area contributed by atoms with Crippen LogP contribution in [0.5, 0.6) is 0 Å². The quantitative estimate of drug-likeness (QED) is 0.691. The highest BCUT2D eigenvalue weighted by atomic mass is 16.1. The molecule has 1 aromatic carbocycles. The number of carbonyl (C=O) groups excluding carboxylic acids is 1. The zero-order chi connectivity index (χ0) is 10.9. The van der Waals surface area contributed by atoms with Gasteiger partial charge in [0.15, 0.2) is 0 Å². The van der Waals surface area contributed by atoms with E-state index in [2.05, 4.69) is 17.4 Å². The number of carbonyl (C=O) groups is 1. The molecular formula is C13H19NO. The van der Waals surface area contributed by atoms with E-state index in [1.165, 1.54) is 5.56 Å². The lowest BCUT2D eigenvalue weighted by atomic mass is 10.1. The van der Waals surface area contributed by atoms with Gasteiger partial charge in [-0.3, -0.25) is 4.79 Å². The molecule has 0 radical (unpaired) electrons. The van der Waals surface area contributed by atoms with Crippen LogP contribution in [0.15, 0.2) is 30.3 Å². The lowest BCUT2D eigenvalue weighted by Crippen LogP contribution is -2.10. The van der Waals surface area contributed by atoms with Crippen LogP contribution in [-0.4, -0.2) is 19.4 Å². The Morgan fingerprint density at radius 1 is 1.20 bits per heavy atom. The van der Waals surface area contributed by atoms with Crippen LogP contribution in [0.3, 0.4) is 0 Å². The molecule has 0 bridgehead atoms. The van der Waals surface area contributed by atoms with Gasteiger partial charge in [-0.15, -0.1) is 0 Å². The minimum Gasteiger partial charge on any atom is -0.320 e. The Hall–Kier alpha value is -1.15. The summed E-state index contributed by atoms with van der Waals surface area (Å²) in [4.78, 5) is 11.5. The van der Waals surface area contributed by atoms with Gasteiger partial charge in [-0.25, -0.2) is 0 Å². The summed E-state index contributed by atoms with van der Waals surface area (Å²) < 4.78 is 0. The molecule has 15 heavy (non-hydrogen) atoms.